The van der Waals surface area contributed by atoms with Crippen LogP contribution in [0.3, 0.4) is 0 Å². The summed E-state index contributed by atoms with van der Waals surface area (Å²) >= 11 is 0. The molecule has 1 unspecified atom stereocenters. The largest absolute Gasteiger partial charge is 0.442 e. The van der Waals surface area contributed by atoms with Crippen LogP contribution in [0.5, 0.6) is 0 Å². The fourth-order valence-corrected chi connectivity index (χ4v) is 3.90. The molecule has 1 aromatic carbocycles. The zero-order chi connectivity index (χ0) is 21.2. The Kier molecular flexibility index (Phi) is 5.21. The summed E-state index contributed by atoms with van der Waals surface area (Å²) in [4.78, 5) is 20.4. The Bertz CT molecular complexity index is 1050. The molecule has 1 atom stereocenters. The average Bonchev–Trinajstić information content (AvgIpc) is 3.44. The fraction of sp³-hybridized carbons (Fsp3) is 0.333. The summed E-state index contributed by atoms with van der Waals surface area (Å²) in [6.45, 7) is 4.38. The molecule has 3 aromatic rings. The van der Waals surface area contributed by atoms with Crippen LogP contribution in [-0.2, 0) is 11.3 Å². The number of rotatable bonds is 5. The maximum absolute atomic E-state index is 14.9. The lowest BCUT2D eigenvalue weighted by molar-refractivity contribution is 0.129. The highest BCUT2D eigenvalue weighted by atomic mass is 19.1. The molecule has 0 aliphatic carbocycles. The molecule has 31 heavy (non-hydrogen) atoms. The van der Waals surface area contributed by atoms with Crippen molar-refractivity contribution in [1.82, 2.24) is 25.3 Å². The third kappa shape index (κ3) is 4.06. The number of carbonyl (C=O) groups excluding carboxylic acids is 1. The van der Waals surface area contributed by atoms with E-state index in [0.29, 0.717) is 29.9 Å². The smallest absolute Gasteiger partial charge is 0.414 e. The number of aromatic nitrogens is 4. The molecule has 4 heterocycles. The predicted molar refractivity (Wildman–Crippen MR) is 112 cm³/mol. The van der Waals surface area contributed by atoms with Crippen LogP contribution in [0.4, 0.5) is 20.7 Å². The van der Waals surface area contributed by atoms with Gasteiger partial charge in [-0.25, -0.2) is 18.9 Å². The van der Waals surface area contributed by atoms with Crippen LogP contribution < -0.4 is 15.1 Å². The van der Waals surface area contributed by atoms with Crippen molar-refractivity contribution in [2.24, 2.45) is 0 Å². The van der Waals surface area contributed by atoms with Crippen molar-refractivity contribution < 1.29 is 13.9 Å². The van der Waals surface area contributed by atoms with Crippen LogP contribution in [0.25, 0.3) is 11.1 Å². The van der Waals surface area contributed by atoms with Gasteiger partial charge in [0.1, 0.15) is 17.7 Å². The van der Waals surface area contributed by atoms with Crippen molar-refractivity contribution in [2.45, 2.75) is 12.6 Å². The summed E-state index contributed by atoms with van der Waals surface area (Å²) in [5.74, 6) is 0.474. The first-order chi connectivity index (χ1) is 15.2. The minimum Gasteiger partial charge on any atom is -0.442 e. The molecule has 2 fully saturated rings. The quantitative estimate of drug-likeness (QED) is 0.671. The number of benzene rings is 1. The normalized spacial score (nSPS) is 19.0. The maximum atomic E-state index is 14.9. The Hall–Kier alpha value is -3.53. The number of cyclic esters (lactones) is 1. The van der Waals surface area contributed by atoms with Gasteiger partial charge in [0.2, 0.25) is 0 Å². The Morgan fingerprint density at radius 3 is 2.77 bits per heavy atom. The first-order valence-electron chi connectivity index (χ1n) is 10.2. The van der Waals surface area contributed by atoms with Crippen molar-refractivity contribution in [1.29, 1.82) is 0 Å². The van der Waals surface area contributed by atoms with Gasteiger partial charge in [-0.1, -0.05) is 5.21 Å². The zero-order valence-electron chi connectivity index (χ0n) is 16.8. The molecule has 2 aromatic heterocycles. The molecule has 2 aliphatic rings. The monoisotopic (exact) mass is 423 g/mol. The van der Waals surface area contributed by atoms with Gasteiger partial charge < -0.3 is 15.0 Å². The summed E-state index contributed by atoms with van der Waals surface area (Å²) in [5.41, 5.74) is 1.59. The lowest BCUT2D eigenvalue weighted by Gasteiger charge is -2.28. The van der Waals surface area contributed by atoms with Crippen LogP contribution in [0.1, 0.15) is 0 Å². The van der Waals surface area contributed by atoms with Crippen molar-refractivity contribution in [3.63, 3.8) is 0 Å². The van der Waals surface area contributed by atoms with Crippen molar-refractivity contribution in [3.05, 3.63) is 54.7 Å². The van der Waals surface area contributed by atoms with Gasteiger partial charge in [0, 0.05) is 49.7 Å². The molecule has 0 spiro atoms. The van der Waals surface area contributed by atoms with Crippen LogP contribution >= 0.6 is 0 Å². The number of hydrogen-bond acceptors (Lipinski definition) is 7. The highest BCUT2D eigenvalue weighted by Crippen LogP contribution is 2.29. The molecule has 160 valence electrons. The standard InChI is InChI=1S/C21H22FN7O2/c22-19-11-16(29-14-17(31-21(29)30)13-28-10-7-25-26-28)2-3-18(19)15-1-4-20(24-12-15)27-8-5-23-6-9-27/h1-4,7,10-12,17,23H,5-6,8-9,13-14H2. The molecule has 0 radical (unpaired) electrons. The number of nitrogens with one attached hydrogen (secondary N) is 1. The van der Waals surface area contributed by atoms with E-state index in [9.17, 15) is 9.18 Å². The van der Waals surface area contributed by atoms with E-state index in [1.165, 1.54) is 11.0 Å². The Morgan fingerprint density at radius 2 is 2.06 bits per heavy atom. The van der Waals surface area contributed by atoms with E-state index >= 15 is 0 Å². The molecule has 10 heteroatoms. The van der Waals surface area contributed by atoms with Gasteiger partial charge in [-0.2, -0.15) is 0 Å². The van der Waals surface area contributed by atoms with Gasteiger partial charge in [0.15, 0.2) is 0 Å². The van der Waals surface area contributed by atoms with Gasteiger partial charge >= 0.3 is 6.09 Å². The summed E-state index contributed by atoms with van der Waals surface area (Å²) in [5, 5.41) is 10.9. The van der Waals surface area contributed by atoms with Crippen molar-refractivity contribution in [3.8, 4) is 11.1 Å². The number of anilines is 2. The highest BCUT2D eigenvalue weighted by Gasteiger charge is 2.33. The molecule has 0 saturated carbocycles. The molecule has 9 nitrogen and oxygen atoms in total. The number of ether oxygens (including phenoxy) is 1. The van der Waals surface area contributed by atoms with Crippen LogP contribution in [0, 0.1) is 5.82 Å². The SMILES string of the molecule is O=C1OC(Cn2ccnn2)CN1c1ccc(-c2ccc(N3CCNCC3)nc2)c(F)c1. The van der Waals surface area contributed by atoms with Gasteiger partial charge in [-0.3, -0.25) is 4.90 Å². The summed E-state index contributed by atoms with van der Waals surface area (Å²) in [6.07, 6.45) is 4.08. The number of nitrogens with zero attached hydrogens (tertiary/aromatic N) is 6. The number of pyridine rings is 1. The highest BCUT2D eigenvalue weighted by molar-refractivity contribution is 5.90. The van der Waals surface area contributed by atoms with E-state index in [1.807, 2.05) is 12.1 Å². The molecular formula is C21H22FN7O2. The number of piperazine rings is 1. The van der Waals surface area contributed by atoms with Crippen molar-refractivity contribution in [2.75, 3.05) is 42.5 Å². The average molecular weight is 423 g/mol. The maximum Gasteiger partial charge on any atom is 0.414 e. The van der Waals surface area contributed by atoms with E-state index in [4.69, 9.17) is 4.74 Å². The number of halogens is 1. The van der Waals surface area contributed by atoms with Crippen LogP contribution in [0.15, 0.2) is 48.9 Å². The Labute approximate surface area is 178 Å². The Balaban J connectivity index is 1.30. The third-order valence-electron chi connectivity index (χ3n) is 5.50. The second-order valence-corrected chi connectivity index (χ2v) is 7.55. The second-order valence-electron chi connectivity index (χ2n) is 7.55. The molecular weight excluding hydrogens is 401 g/mol. The lowest BCUT2D eigenvalue weighted by atomic mass is 10.1. The first-order valence-corrected chi connectivity index (χ1v) is 10.2. The zero-order valence-corrected chi connectivity index (χ0v) is 16.8. The van der Waals surface area contributed by atoms with E-state index in [2.05, 4.69) is 25.5 Å². The van der Waals surface area contributed by atoms with Gasteiger partial charge in [0.05, 0.1) is 25.0 Å². The van der Waals surface area contributed by atoms with Crippen molar-refractivity contribution >= 4 is 17.6 Å². The third-order valence-corrected chi connectivity index (χ3v) is 5.50. The molecule has 0 bridgehead atoms. The number of hydrogen-bond donors (Lipinski definition) is 1. The summed E-state index contributed by atoms with van der Waals surface area (Å²) < 4.78 is 21.9. The molecule has 5 rings (SSSR count). The topological polar surface area (TPSA) is 88.4 Å². The van der Waals surface area contributed by atoms with Crippen LogP contribution in [-0.4, -0.2) is 64.9 Å². The van der Waals surface area contributed by atoms with E-state index in [0.717, 1.165) is 32.0 Å². The summed E-state index contributed by atoms with van der Waals surface area (Å²) in [7, 11) is 0. The fourth-order valence-electron chi connectivity index (χ4n) is 3.90. The van der Waals surface area contributed by atoms with E-state index < -0.39 is 11.9 Å². The minimum atomic E-state index is -0.501. The number of carbonyl (C=O) groups is 1. The number of amides is 1. The Morgan fingerprint density at radius 1 is 1.19 bits per heavy atom. The van der Waals surface area contributed by atoms with Gasteiger partial charge in [-0.15, -0.1) is 5.10 Å². The second kappa shape index (κ2) is 8.31. The minimum absolute atomic E-state index is 0.318. The van der Waals surface area contributed by atoms with Gasteiger partial charge in [-0.05, 0) is 30.3 Å². The van der Waals surface area contributed by atoms with E-state index in [-0.39, 0.29) is 6.10 Å². The first kappa shape index (κ1) is 19.4. The predicted octanol–water partition coefficient (Wildman–Crippen LogP) is 1.91. The molecule has 2 aliphatic heterocycles. The lowest BCUT2D eigenvalue weighted by Crippen LogP contribution is -2.43. The van der Waals surface area contributed by atoms with Gasteiger partial charge in [0.25, 0.3) is 0 Å². The van der Waals surface area contributed by atoms with E-state index in [1.54, 1.807) is 35.4 Å². The summed E-state index contributed by atoms with van der Waals surface area (Å²) in [6, 6.07) is 8.55. The molecule has 1 amide bonds. The molecule has 1 N–H and O–H groups in total. The molecule has 2 saturated heterocycles. The van der Waals surface area contributed by atoms with Crippen LogP contribution in [0.2, 0.25) is 0 Å².